The zero-order chi connectivity index (χ0) is 13.8. The van der Waals surface area contributed by atoms with Gasteiger partial charge in [0.1, 0.15) is 6.04 Å². The van der Waals surface area contributed by atoms with Crippen molar-refractivity contribution in [1.29, 1.82) is 0 Å². The highest BCUT2D eigenvalue weighted by Gasteiger charge is 2.35. The molecule has 1 heterocycles. The number of rotatable bonds is 3. The first-order valence-corrected chi connectivity index (χ1v) is 5.92. The predicted octanol–water partition coefficient (Wildman–Crippen LogP) is 1.76. The molecule has 0 aromatic heterocycles. The summed E-state index contributed by atoms with van der Waals surface area (Å²) in [5.74, 6) is -1.22. The van der Waals surface area contributed by atoms with Gasteiger partial charge in [-0.15, -0.1) is 0 Å². The Hall–Kier alpha value is -1.98. The van der Waals surface area contributed by atoms with Crippen LogP contribution >= 0.6 is 0 Å². The van der Waals surface area contributed by atoms with Crippen LogP contribution in [-0.2, 0) is 9.53 Å². The van der Waals surface area contributed by atoms with E-state index in [1.54, 1.807) is 30.3 Å². The average molecular weight is 269 g/mol. The number of ether oxygens (including phenoxy) is 1. The summed E-state index contributed by atoms with van der Waals surface area (Å²) >= 11 is 0. The lowest BCUT2D eigenvalue weighted by Crippen LogP contribution is -2.48. The van der Waals surface area contributed by atoms with E-state index in [2.05, 4.69) is 10.1 Å². The summed E-state index contributed by atoms with van der Waals surface area (Å²) in [5.41, 5.74) is 0.409. The lowest BCUT2D eigenvalue weighted by Gasteiger charge is -2.27. The van der Waals surface area contributed by atoms with Gasteiger partial charge in [0.25, 0.3) is 12.3 Å². The van der Waals surface area contributed by atoms with E-state index >= 15 is 0 Å². The Kier molecular flexibility index (Phi) is 4.09. The van der Waals surface area contributed by atoms with Gasteiger partial charge in [-0.2, -0.15) is 0 Å². The Morgan fingerprint density at radius 1 is 1.26 bits per heavy atom. The summed E-state index contributed by atoms with van der Waals surface area (Å²) < 4.78 is 29.4. The molecule has 1 fully saturated rings. The second-order valence-corrected chi connectivity index (χ2v) is 4.28. The van der Waals surface area contributed by atoms with Crippen LogP contribution in [0.4, 0.5) is 8.78 Å². The van der Waals surface area contributed by atoms with Gasteiger partial charge in [-0.05, 0) is 25.0 Å². The highest BCUT2D eigenvalue weighted by molar-refractivity contribution is 5.96. The number of amides is 1. The number of nitrogens with one attached hydrogen (secondary N) is 1. The third-order valence-corrected chi connectivity index (χ3v) is 2.91. The minimum atomic E-state index is -2.69. The fourth-order valence-electron chi connectivity index (χ4n) is 1.88. The van der Waals surface area contributed by atoms with Crippen LogP contribution in [0.2, 0.25) is 0 Å². The van der Waals surface area contributed by atoms with Crippen molar-refractivity contribution in [2.45, 2.75) is 31.4 Å². The number of benzene rings is 1. The zero-order valence-electron chi connectivity index (χ0n) is 10.0. The molecule has 0 radical (unpaired) electrons. The molecule has 2 rings (SSSR count). The van der Waals surface area contributed by atoms with E-state index in [0.29, 0.717) is 5.56 Å². The lowest BCUT2D eigenvalue weighted by atomic mass is 10.0. The van der Waals surface area contributed by atoms with E-state index in [0.717, 1.165) is 0 Å². The standard InChI is InChI=1S/C13H13F2NO3/c14-11(15)10-7-6-9(13(18)19-10)16-12(17)8-4-2-1-3-5-8/h1-5,9-11H,6-7H2,(H,16,17)/t9-,10+/m1/s1. The molecule has 1 saturated heterocycles. The minimum Gasteiger partial charge on any atom is -0.455 e. The Morgan fingerprint density at radius 2 is 1.95 bits per heavy atom. The van der Waals surface area contributed by atoms with Crippen molar-refractivity contribution in [2.75, 3.05) is 0 Å². The van der Waals surface area contributed by atoms with Gasteiger partial charge in [0.2, 0.25) is 0 Å². The van der Waals surface area contributed by atoms with Crippen molar-refractivity contribution in [3.63, 3.8) is 0 Å². The van der Waals surface area contributed by atoms with Crippen molar-refractivity contribution in [2.24, 2.45) is 0 Å². The number of carbonyl (C=O) groups excluding carboxylic acids is 2. The molecule has 2 atom stereocenters. The molecule has 4 nitrogen and oxygen atoms in total. The maximum Gasteiger partial charge on any atom is 0.329 e. The van der Waals surface area contributed by atoms with Crippen molar-refractivity contribution in [3.05, 3.63) is 35.9 Å². The Morgan fingerprint density at radius 3 is 2.53 bits per heavy atom. The fraction of sp³-hybridized carbons (Fsp3) is 0.385. The van der Waals surface area contributed by atoms with Crippen molar-refractivity contribution < 1.29 is 23.1 Å². The molecule has 0 bridgehead atoms. The van der Waals surface area contributed by atoms with Gasteiger partial charge in [0, 0.05) is 5.56 Å². The smallest absolute Gasteiger partial charge is 0.329 e. The normalized spacial score (nSPS) is 23.0. The van der Waals surface area contributed by atoms with E-state index in [4.69, 9.17) is 0 Å². The number of carbonyl (C=O) groups is 2. The first-order chi connectivity index (χ1) is 9.08. The topological polar surface area (TPSA) is 55.4 Å². The maximum atomic E-state index is 12.4. The van der Waals surface area contributed by atoms with E-state index < -0.39 is 30.4 Å². The second kappa shape index (κ2) is 5.77. The Labute approximate surface area is 108 Å². The van der Waals surface area contributed by atoms with Crippen molar-refractivity contribution in [1.82, 2.24) is 5.32 Å². The molecular formula is C13H13F2NO3. The molecule has 1 aliphatic heterocycles. The number of halogens is 2. The Bertz CT molecular complexity index is 464. The van der Waals surface area contributed by atoms with Gasteiger partial charge in [-0.3, -0.25) is 4.79 Å². The van der Waals surface area contributed by atoms with E-state index in [1.165, 1.54) is 0 Å². The number of hydrogen-bond acceptors (Lipinski definition) is 3. The molecule has 1 N–H and O–H groups in total. The second-order valence-electron chi connectivity index (χ2n) is 4.28. The molecular weight excluding hydrogens is 256 g/mol. The van der Waals surface area contributed by atoms with Crippen LogP contribution in [0.5, 0.6) is 0 Å². The average Bonchev–Trinajstić information content (AvgIpc) is 2.41. The largest absolute Gasteiger partial charge is 0.455 e. The van der Waals surface area contributed by atoms with Gasteiger partial charge < -0.3 is 10.1 Å². The molecule has 0 aliphatic carbocycles. The van der Waals surface area contributed by atoms with Crippen molar-refractivity contribution in [3.8, 4) is 0 Å². The molecule has 1 aromatic carbocycles. The monoisotopic (exact) mass is 269 g/mol. The lowest BCUT2D eigenvalue weighted by molar-refractivity contribution is -0.166. The third-order valence-electron chi connectivity index (χ3n) is 2.91. The fourth-order valence-corrected chi connectivity index (χ4v) is 1.88. The highest BCUT2D eigenvalue weighted by atomic mass is 19.3. The molecule has 0 unspecified atom stereocenters. The molecule has 6 heteroatoms. The van der Waals surface area contributed by atoms with E-state index in [-0.39, 0.29) is 12.8 Å². The van der Waals surface area contributed by atoms with E-state index in [1.807, 2.05) is 0 Å². The van der Waals surface area contributed by atoms with Gasteiger partial charge in [-0.1, -0.05) is 18.2 Å². The molecule has 0 saturated carbocycles. The van der Waals surface area contributed by atoms with Gasteiger partial charge >= 0.3 is 5.97 Å². The van der Waals surface area contributed by atoms with Crippen LogP contribution in [0.3, 0.4) is 0 Å². The van der Waals surface area contributed by atoms with Gasteiger partial charge in [0.15, 0.2) is 6.10 Å². The summed E-state index contributed by atoms with van der Waals surface area (Å²) in [5, 5.41) is 2.49. The summed E-state index contributed by atoms with van der Waals surface area (Å²) in [6.45, 7) is 0. The molecule has 0 spiro atoms. The number of hydrogen-bond donors (Lipinski definition) is 1. The quantitative estimate of drug-likeness (QED) is 0.851. The SMILES string of the molecule is O=C(N[C@@H]1CC[C@@H](C(F)F)OC1=O)c1ccccc1. The number of cyclic esters (lactones) is 1. The number of esters is 1. The third kappa shape index (κ3) is 3.27. The predicted molar refractivity (Wildman–Crippen MR) is 62.8 cm³/mol. The number of alkyl halides is 2. The summed E-state index contributed by atoms with van der Waals surface area (Å²) in [7, 11) is 0. The summed E-state index contributed by atoms with van der Waals surface area (Å²) in [6, 6.07) is 7.50. The molecule has 19 heavy (non-hydrogen) atoms. The van der Waals surface area contributed by atoms with Crippen LogP contribution in [0, 0.1) is 0 Å². The Balaban J connectivity index is 1.94. The van der Waals surface area contributed by atoms with Crippen LogP contribution in [0.1, 0.15) is 23.2 Å². The highest BCUT2D eigenvalue weighted by Crippen LogP contribution is 2.20. The molecule has 102 valence electrons. The first kappa shape index (κ1) is 13.5. The minimum absolute atomic E-state index is 0.0448. The summed E-state index contributed by atoms with van der Waals surface area (Å²) in [4.78, 5) is 23.3. The van der Waals surface area contributed by atoms with Crippen molar-refractivity contribution >= 4 is 11.9 Å². The van der Waals surface area contributed by atoms with Crippen LogP contribution in [0.25, 0.3) is 0 Å². The zero-order valence-corrected chi connectivity index (χ0v) is 10.0. The van der Waals surface area contributed by atoms with Crippen LogP contribution in [-0.4, -0.2) is 30.4 Å². The molecule has 1 aliphatic rings. The maximum absolute atomic E-state index is 12.4. The van der Waals surface area contributed by atoms with Crippen LogP contribution in [0.15, 0.2) is 30.3 Å². The summed E-state index contributed by atoms with van der Waals surface area (Å²) in [6.07, 6.45) is -3.85. The van der Waals surface area contributed by atoms with Gasteiger partial charge in [0.05, 0.1) is 0 Å². The molecule has 1 amide bonds. The van der Waals surface area contributed by atoms with E-state index in [9.17, 15) is 18.4 Å². The van der Waals surface area contributed by atoms with Crippen LogP contribution < -0.4 is 5.32 Å². The van der Waals surface area contributed by atoms with Gasteiger partial charge in [-0.25, -0.2) is 13.6 Å². The first-order valence-electron chi connectivity index (χ1n) is 5.92. The molecule has 1 aromatic rings.